The summed E-state index contributed by atoms with van der Waals surface area (Å²) < 4.78 is 242. The van der Waals surface area contributed by atoms with Gasteiger partial charge in [0.15, 0.2) is 0 Å². The van der Waals surface area contributed by atoms with Gasteiger partial charge in [-0.15, -0.1) is 23.8 Å². The minimum Gasteiger partial charge on any atom is -0.255 e. The zero-order valence-electron chi connectivity index (χ0n) is 29.4. The Morgan fingerprint density at radius 1 is 0.393 bits per heavy atom. The Bertz CT molecular complexity index is 2210. The summed E-state index contributed by atoms with van der Waals surface area (Å²) in [5, 5.41) is 0. The minimum atomic E-state index is -5.51. The Hall–Kier alpha value is -5.39. The summed E-state index contributed by atoms with van der Waals surface area (Å²) in [6.45, 7) is 0. The van der Waals surface area contributed by atoms with E-state index in [1.807, 2.05) is 0 Å². The summed E-state index contributed by atoms with van der Waals surface area (Å²) in [5.41, 5.74) is -16.8. The Kier molecular flexibility index (Phi) is 13.9. The molecular weight excluding hydrogens is 1050 g/mol. The van der Waals surface area contributed by atoms with E-state index >= 15 is 0 Å². The van der Waals surface area contributed by atoms with Gasteiger partial charge in [-0.3, -0.25) is 9.97 Å². The quantitative estimate of drug-likeness (QED) is 0.130. The van der Waals surface area contributed by atoms with Crippen molar-refractivity contribution in [1.82, 2.24) is 9.97 Å². The van der Waals surface area contributed by atoms with E-state index in [0.29, 0.717) is 0 Å². The van der Waals surface area contributed by atoms with Gasteiger partial charge in [0.25, 0.3) is 0 Å². The minimum absolute atomic E-state index is 0. The van der Waals surface area contributed by atoms with Gasteiger partial charge in [0.2, 0.25) is 0 Å². The van der Waals surface area contributed by atoms with Crippen LogP contribution in [0.15, 0.2) is 109 Å². The summed E-state index contributed by atoms with van der Waals surface area (Å²) in [7, 11) is 0. The second kappa shape index (κ2) is 17.5. The standard InChI is InChI=1S/C21H9F9.C19H9F9N2.Pt/c22-19(23,24)13-10-16(20(25,26)27)18(17(11-13)21(28,29)30)15-9-5-4-8-14(15)12-6-2-1-3-7-12;20-17(21,22)10-8-12(18(23,24)25)15(13(9-10)19(26,27)28)11-4-3-7-30-16(11)14-5-1-2-6-29-14;/h1-6,9-11H;1-9H;/q-2;;+2. The number of aromatic nitrogens is 2. The van der Waals surface area contributed by atoms with Crippen LogP contribution >= 0.6 is 0 Å². The van der Waals surface area contributed by atoms with E-state index in [0.717, 1.165) is 30.5 Å². The summed E-state index contributed by atoms with van der Waals surface area (Å²) in [6.07, 6.45) is -30.4. The molecule has 0 aliphatic rings. The van der Waals surface area contributed by atoms with Crippen molar-refractivity contribution in [2.24, 2.45) is 0 Å². The van der Waals surface area contributed by atoms with Gasteiger partial charge in [0.1, 0.15) is 0 Å². The molecule has 0 saturated carbocycles. The van der Waals surface area contributed by atoms with E-state index in [4.69, 9.17) is 0 Å². The largest absolute Gasteiger partial charge is 2.00 e. The first-order valence-corrected chi connectivity index (χ1v) is 16.2. The fourth-order valence-corrected chi connectivity index (χ4v) is 5.82. The molecule has 4 aromatic carbocycles. The Labute approximate surface area is 346 Å². The third kappa shape index (κ3) is 11.1. The molecule has 0 atom stereocenters. The van der Waals surface area contributed by atoms with Gasteiger partial charge in [-0.2, -0.15) is 115 Å². The predicted molar refractivity (Wildman–Crippen MR) is 178 cm³/mol. The van der Waals surface area contributed by atoms with E-state index in [9.17, 15) is 79.0 Å². The Morgan fingerprint density at radius 2 is 0.820 bits per heavy atom. The van der Waals surface area contributed by atoms with Crippen LogP contribution in [0.25, 0.3) is 44.8 Å². The fraction of sp³-hybridized carbons (Fsp3) is 0.150. The summed E-state index contributed by atoms with van der Waals surface area (Å²) in [5.74, 6) is 0. The maximum atomic E-state index is 13.7. The number of hydrogen-bond acceptors (Lipinski definition) is 2. The second-order valence-corrected chi connectivity index (χ2v) is 12.2. The van der Waals surface area contributed by atoms with Crippen LogP contribution in [0.3, 0.4) is 0 Å². The number of hydrogen-bond donors (Lipinski definition) is 0. The first-order chi connectivity index (χ1) is 27.6. The molecule has 0 bridgehead atoms. The van der Waals surface area contributed by atoms with E-state index in [-0.39, 0.29) is 67.8 Å². The number of alkyl halides is 18. The van der Waals surface area contributed by atoms with Gasteiger partial charge in [0, 0.05) is 23.5 Å². The van der Waals surface area contributed by atoms with Gasteiger partial charge < -0.3 is 0 Å². The van der Waals surface area contributed by atoms with Crippen LogP contribution in [0.4, 0.5) is 79.0 Å². The molecule has 0 aliphatic carbocycles. The number of rotatable bonds is 4. The molecule has 0 amide bonds. The van der Waals surface area contributed by atoms with Crippen molar-refractivity contribution in [3.8, 4) is 44.8 Å². The monoisotopic (exact) mass is 1060 g/mol. The molecule has 61 heavy (non-hydrogen) atoms. The second-order valence-electron chi connectivity index (χ2n) is 12.2. The third-order valence-corrected chi connectivity index (χ3v) is 8.24. The molecule has 2 aromatic heterocycles. The van der Waals surface area contributed by atoms with Crippen LogP contribution in [0, 0.1) is 12.1 Å². The molecular formula is C40H18F18N2Pt. The van der Waals surface area contributed by atoms with Crippen LogP contribution in [0.5, 0.6) is 0 Å². The van der Waals surface area contributed by atoms with Crippen molar-refractivity contribution in [3.63, 3.8) is 0 Å². The molecule has 0 fully saturated rings. The number of halogens is 18. The summed E-state index contributed by atoms with van der Waals surface area (Å²) in [4.78, 5) is 7.69. The Balaban J connectivity index is 0.000000264. The van der Waals surface area contributed by atoms with E-state index in [1.165, 1.54) is 54.7 Å². The average Bonchev–Trinajstić information content (AvgIpc) is 3.15. The van der Waals surface area contributed by atoms with Crippen molar-refractivity contribution in [2.75, 3.05) is 0 Å². The summed E-state index contributed by atoms with van der Waals surface area (Å²) in [6, 6.07) is 19.3. The first kappa shape index (κ1) is 48.3. The smallest absolute Gasteiger partial charge is 0.255 e. The molecule has 0 spiro atoms. The van der Waals surface area contributed by atoms with E-state index < -0.39 is 92.7 Å². The van der Waals surface area contributed by atoms with Crippen LogP contribution in [-0.4, -0.2) is 9.97 Å². The topological polar surface area (TPSA) is 25.8 Å². The predicted octanol–water partition coefficient (Wildman–Crippen LogP) is 14.5. The van der Waals surface area contributed by atoms with Crippen LogP contribution < -0.4 is 0 Å². The van der Waals surface area contributed by atoms with Gasteiger partial charge in [-0.05, 0) is 48.0 Å². The molecule has 0 aliphatic heterocycles. The van der Waals surface area contributed by atoms with Crippen molar-refractivity contribution < 1.29 is 100 Å². The molecule has 6 rings (SSSR count). The van der Waals surface area contributed by atoms with Crippen LogP contribution in [0.1, 0.15) is 33.4 Å². The molecule has 0 radical (unpaired) electrons. The van der Waals surface area contributed by atoms with Crippen molar-refractivity contribution in [3.05, 3.63) is 155 Å². The van der Waals surface area contributed by atoms with Gasteiger partial charge in [-0.25, -0.2) is 11.1 Å². The zero-order valence-corrected chi connectivity index (χ0v) is 31.7. The maximum absolute atomic E-state index is 13.7. The Morgan fingerprint density at radius 3 is 1.23 bits per heavy atom. The van der Waals surface area contributed by atoms with Gasteiger partial charge in [0.05, 0.1) is 44.8 Å². The SMILES string of the molecule is FC(F)(F)c1cc(C(F)(F)F)c(-c2ccc[c-]c2-c2[c-]cccc2)c(C(F)(F)F)c1.FC(F)(F)c1cc(C(F)(F)F)c(-c2cccnc2-c2ccccn2)c(C(F)(F)F)c1.[Pt+2]. The summed E-state index contributed by atoms with van der Waals surface area (Å²) >= 11 is 0. The number of nitrogens with zero attached hydrogens (tertiary/aromatic N) is 2. The van der Waals surface area contributed by atoms with Gasteiger partial charge >= 0.3 is 58.1 Å². The average molecular weight is 1060 g/mol. The third-order valence-electron chi connectivity index (χ3n) is 8.24. The zero-order chi connectivity index (χ0) is 44.6. The van der Waals surface area contributed by atoms with E-state index in [1.54, 1.807) is 0 Å². The molecule has 0 saturated heterocycles. The maximum Gasteiger partial charge on any atom is 2.00 e. The van der Waals surface area contributed by atoms with Crippen molar-refractivity contribution in [2.45, 2.75) is 37.1 Å². The first-order valence-electron chi connectivity index (χ1n) is 16.2. The molecule has 0 N–H and O–H groups in total. The van der Waals surface area contributed by atoms with Gasteiger partial charge in [-0.1, -0.05) is 12.1 Å². The fourth-order valence-electron chi connectivity index (χ4n) is 5.82. The molecule has 6 aromatic rings. The molecule has 2 nitrogen and oxygen atoms in total. The van der Waals surface area contributed by atoms with Crippen molar-refractivity contribution in [1.29, 1.82) is 0 Å². The van der Waals surface area contributed by atoms with Crippen LogP contribution in [-0.2, 0) is 58.1 Å². The van der Waals surface area contributed by atoms with E-state index in [2.05, 4.69) is 22.1 Å². The van der Waals surface area contributed by atoms with Crippen molar-refractivity contribution >= 4 is 0 Å². The molecule has 21 heteroatoms. The molecule has 324 valence electrons. The molecule has 2 heterocycles. The number of pyridine rings is 2. The number of benzene rings is 4. The van der Waals surface area contributed by atoms with Crippen LogP contribution in [0.2, 0.25) is 0 Å². The molecule has 0 unspecified atom stereocenters. The normalized spacial score (nSPS) is 12.6.